The summed E-state index contributed by atoms with van der Waals surface area (Å²) in [5.74, 6) is 1.32. The molecule has 1 aliphatic heterocycles. The van der Waals surface area contributed by atoms with Gasteiger partial charge in [0.1, 0.15) is 11.5 Å². The van der Waals surface area contributed by atoms with Crippen LogP contribution in [0.4, 0.5) is 0 Å². The SMILES string of the molecule is COc1cccc(-c2ccc(C(=O)N3CCOC[C@@H](O)C3)o2)c1. The Morgan fingerprint density at radius 1 is 1.35 bits per heavy atom. The Morgan fingerprint density at radius 2 is 2.22 bits per heavy atom. The largest absolute Gasteiger partial charge is 0.497 e. The Kier molecular flexibility index (Phi) is 4.64. The number of rotatable bonds is 3. The maximum atomic E-state index is 12.5. The standard InChI is InChI=1S/C17H19NO5/c1-21-14-4-2-3-12(9-14)15-5-6-16(23-15)17(20)18-7-8-22-11-13(19)10-18/h2-6,9,13,19H,7-8,10-11H2,1H3/t13-/m0/s1. The summed E-state index contributed by atoms with van der Waals surface area (Å²) in [6, 6.07) is 10.8. The first-order valence-corrected chi connectivity index (χ1v) is 7.46. The number of furan rings is 1. The highest BCUT2D eigenvalue weighted by Crippen LogP contribution is 2.26. The van der Waals surface area contributed by atoms with Gasteiger partial charge in [0.05, 0.1) is 26.4 Å². The van der Waals surface area contributed by atoms with E-state index in [1.165, 1.54) is 0 Å². The van der Waals surface area contributed by atoms with Crippen LogP contribution in [-0.2, 0) is 4.74 Å². The second-order valence-electron chi connectivity index (χ2n) is 5.38. The number of hydrogen-bond donors (Lipinski definition) is 1. The molecule has 0 spiro atoms. The lowest BCUT2D eigenvalue weighted by molar-refractivity contribution is 0.0526. The molecule has 0 radical (unpaired) electrons. The van der Waals surface area contributed by atoms with E-state index in [0.29, 0.717) is 18.9 Å². The van der Waals surface area contributed by atoms with Crippen LogP contribution < -0.4 is 4.74 Å². The van der Waals surface area contributed by atoms with Crippen LogP contribution in [0.25, 0.3) is 11.3 Å². The molecule has 2 aromatic rings. The molecule has 1 fully saturated rings. The fourth-order valence-corrected chi connectivity index (χ4v) is 2.52. The van der Waals surface area contributed by atoms with Gasteiger partial charge >= 0.3 is 0 Å². The number of hydrogen-bond acceptors (Lipinski definition) is 5. The molecule has 1 N–H and O–H groups in total. The summed E-state index contributed by atoms with van der Waals surface area (Å²) in [5, 5.41) is 9.73. The molecule has 0 aliphatic carbocycles. The molecule has 6 heteroatoms. The Hall–Kier alpha value is -2.31. The van der Waals surface area contributed by atoms with Gasteiger partial charge in [0.2, 0.25) is 0 Å². The van der Waals surface area contributed by atoms with Crippen molar-refractivity contribution in [2.45, 2.75) is 6.10 Å². The van der Waals surface area contributed by atoms with Crippen LogP contribution in [0.15, 0.2) is 40.8 Å². The number of carbonyl (C=O) groups is 1. The Morgan fingerprint density at radius 3 is 3.04 bits per heavy atom. The van der Waals surface area contributed by atoms with Gasteiger partial charge in [-0.3, -0.25) is 4.79 Å². The van der Waals surface area contributed by atoms with Crippen LogP contribution in [0.2, 0.25) is 0 Å². The molecular formula is C17H19NO5. The van der Waals surface area contributed by atoms with Crippen LogP contribution in [0.1, 0.15) is 10.6 Å². The smallest absolute Gasteiger partial charge is 0.289 e. The third-order valence-electron chi connectivity index (χ3n) is 3.71. The summed E-state index contributed by atoms with van der Waals surface area (Å²) < 4.78 is 16.1. The van der Waals surface area contributed by atoms with Crippen LogP contribution in [0.5, 0.6) is 5.75 Å². The zero-order valence-electron chi connectivity index (χ0n) is 12.9. The van der Waals surface area contributed by atoms with Crippen LogP contribution in [-0.4, -0.2) is 55.4 Å². The van der Waals surface area contributed by atoms with E-state index in [0.717, 1.165) is 11.3 Å². The zero-order chi connectivity index (χ0) is 16.2. The molecule has 0 saturated carbocycles. The van der Waals surface area contributed by atoms with Gasteiger partial charge in [-0.05, 0) is 24.3 Å². The van der Waals surface area contributed by atoms with Gasteiger partial charge < -0.3 is 23.9 Å². The van der Waals surface area contributed by atoms with Crippen molar-refractivity contribution in [3.63, 3.8) is 0 Å². The number of β-amino-alcohol motifs (C(OH)–C–C–N with tert-alkyl or cyclic N) is 1. The number of aliphatic hydroxyl groups is 1. The monoisotopic (exact) mass is 317 g/mol. The van der Waals surface area contributed by atoms with E-state index < -0.39 is 6.10 Å². The molecule has 2 heterocycles. The molecule has 3 rings (SSSR count). The molecule has 122 valence electrons. The summed E-state index contributed by atoms with van der Waals surface area (Å²) in [6.07, 6.45) is -0.672. The zero-order valence-corrected chi connectivity index (χ0v) is 12.9. The Bertz CT molecular complexity index is 681. The van der Waals surface area contributed by atoms with Crippen molar-refractivity contribution in [2.75, 3.05) is 33.4 Å². The summed E-state index contributed by atoms with van der Waals surface area (Å²) in [5.41, 5.74) is 0.836. The molecule has 1 aliphatic rings. The maximum Gasteiger partial charge on any atom is 0.289 e. The number of ether oxygens (including phenoxy) is 2. The first-order chi connectivity index (χ1) is 11.2. The van der Waals surface area contributed by atoms with Gasteiger partial charge in [-0.1, -0.05) is 12.1 Å². The maximum absolute atomic E-state index is 12.5. The minimum atomic E-state index is -0.672. The third kappa shape index (κ3) is 3.55. The average Bonchev–Trinajstić information content (AvgIpc) is 2.97. The van der Waals surface area contributed by atoms with Gasteiger partial charge in [-0.2, -0.15) is 0 Å². The van der Waals surface area contributed by atoms with E-state index in [4.69, 9.17) is 13.9 Å². The quantitative estimate of drug-likeness (QED) is 0.934. The van der Waals surface area contributed by atoms with Gasteiger partial charge in [-0.15, -0.1) is 0 Å². The van der Waals surface area contributed by atoms with Gasteiger partial charge in [-0.25, -0.2) is 0 Å². The Labute approximate surface area is 134 Å². The van der Waals surface area contributed by atoms with Crippen LogP contribution >= 0.6 is 0 Å². The Balaban J connectivity index is 1.79. The topological polar surface area (TPSA) is 72.1 Å². The van der Waals surface area contributed by atoms with Crippen molar-refractivity contribution in [1.29, 1.82) is 0 Å². The molecule has 0 unspecified atom stereocenters. The second kappa shape index (κ2) is 6.85. The van der Waals surface area contributed by atoms with Crippen molar-refractivity contribution in [2.24, 2.45) is 0 Å². The minimum Gasteiger partial charge on any atom is -0.497 e. The predicted octanol–water partition coefficient (Wildman–Crippen LogP) is 1.79. The number of methoxy groups -OCH3 is 1. The number of benzene rings is 1. The van der Waals surface area contributed by atoms with Gasteiger partial charge in [0, 0.05) is 18.7 Å². The van der Waals surface area contributed by atoms with Crippen molar-refractivity contribution in [3.05, 3.63) is 42.2 Å². The lowest BCUT2D eigenvalue weighted by atomic mass is 10.2. The molecular weight excluding hydrogens is 298 g/mol. The highest BCUT2D eigenvalue weighted by Gasteiger charge is 2.24. The van der Waals surface area contributed by atoms with E-state index >= 15 is 0 Å². The number of nitrogens with zero attached hydrogens (tertiary/aromatic N) is 1. The summed E-state index contributed by atoms with van der Waals surface area (Å²) in [6.45, 7) is 1.34. The lowest BCUT2D eigenvalue weighted by Gasteiger charge is -2.19. The molecule has 1 saturated heterocycles. The van der Waals surface area contributed by atoms with Crippen molar-refractivity contribution in [3.8, 4) is 17.1 Å². The highest BCUT2D eigenvalue weighted by atomic mass is 16.5. The van der Waals surface area contributed by atoms with E-state index in [1.807, 2.05) is 24.3 Å². The number of carbonyl (C=O) groups excluding carboxylic acids is 1. The second-order valence-corrected chi connectivity index (χ2v) is 5.38. The predicted molar refractivity (Wildman–Crippen MR) is 83.4 cm³/mol. The molecule has 1 aromatic carbocycles. The van der Waals surface area contributed by atoms with E-state index in [2.05, 4.69) is 0 Å². The minimum absolute atomic E-state index is 0.244. The van der Waals surface area contributed by atoms with E-state index in [-0.39, 0.29) is 24.8 Å². The van der Waals surface area contributed by atoms with Crippen molar-refractivity contribution < 1.29 is 23.8 Å². The molecule has 23 heavy (non-hydrogen) atoms. The fraction of sp³-hybridized carbons (Fsp3) is 0.353. The fourth-order valence-electron chi connectivity index (χ4n) is 2.52. The molecule has 1 amide bonds. The molecule has 1 aromatic heterocycles. The molecule has 1 atom stereocenters. The number of amides is 1. The summed E-state index contributed by atoms with van der Waals surface area (Å²) >= 11 is 0. The van der Waals surface area contributed by atoms with Crippen LogP contribution in [0, 0.1) is 0 Å². The van der Waals surface area contributed by atoms with E-state index in [1.54, 1.807) is 24.1 Å². The average molecular weight is 317 g/mol. The molecule has 0 bridgehead atoms. The normalized spacial score (nSPS) is 18.5. The molecule has 6 nitrogen and oxygen atoms in total. The lowest BCUT2D eigenvalue weighted by Crippen LogP contribution is -2.37. The van der Waals surface area contributed by atoms with Crippen molar-refractivity contribution >= 4 is 5.91 Å². The van der Waals surface area contributed by atoms with Crippen LogP contribution in [0.3, 0.4) is 0 Å². The summed E-state index contributed by atoms with van der Waals surface area (Å²) in [7, 11) is 1.60. The third-order valence-corrected chi connectivity index (χ3v) is 3.71. The first kappa shape index (κ1) is 15.6. The summed E-state index contributed by atoms with van der Waals surface area (Å²) in [4.78, 5) is 14.1. The van der Waals surface area contributed by atoms with Gasteiger partial charge in [0.15, 0.2) is 5.76 Å². The highest BCUT2D eigenvalue weighted by molar-refractivity contribution is 5.92. The van der Waals surface area contributed by atoms with Gasteiger partial charge in [0.25, 0.3) is 5.91 Å². The first-order valence-electron chi connectivity index (χ1n) is 7.46. The number of aliphatic hydroxyl groups excluding tert-OH is 1. The van der Waals surface area contributed by atoms with Crippen molar-refractivity contribution in [1.82, 2.24) is 4.90 Å². The van der Waals surface area contributed by atoms with E-state index in [9.17, 15) is 9.90 Å².